The van der Waals surface area contributed by atoms with E-state index in [-0.39, 0.29) is 23.5 Å². The van der Waals surface area contributed by atoms with Crippen molar-refractivity contribution < 1.29 is 18.1 Å². The summed E-state index contributed by atoms with van der Waals surface area (Å²) in [6, 6.07) is 12.6. The van der Waals surface area contributed by atoms with Gasteiger partial charge in [0, 0.05) is 44.0 Å². The Morgan fingerprint density at radius 3 is 2.56 bits per heavy atom. The van der Waals surface area contributed by atoms with Crippen molar-refractivity contribution in [3.63, 3.8) is 0 Å². The van der Waals surface area contributed by atoms with Crippen LogP contribution in [0.15, 0.2) is 53.1 Å². The molecule has 34 heavy (non-hydrogen) atoms. The lowest BCUT2D eigenvalue weighted by Crippen LogP contribution is -2.52. The highest BCUT2D eigenvalue weighted by Crippen LogP contribution is 2.28. The molecular weight excluding hydrogens is 440 g/mol. The summed E-state index contributed by atoms with van der Waals surface area (Å²) in [6.45, 7) is 4.63. The minimum Gasteiger partial charge on any atom is -0.368 e. The topological polar surface area (TPSA) is 65.7 Å². The Morgan fingerprint density at radius 2 is 1.79 bits per heavy atom. The van der Waals surface area contributed by atoms with E-state index in [1.165, 1.54) is 24.3 Å². The number of benzene rings is 2. The summed E-state index contributed by atoms with van der Waals surface area (Å²) in [7, 11) is 0. The third-order valence-corrected chi connectivity index (χ3v) is 6.56. The number of piperazine rings is 1. The second-order valence-corrected chi connectivity index (χ2v) is 8.89. The fourth-order valence-corrected chi connectivity index (χ4v) is 4.70. The zero-order valence-electron chi connectivity index (χ0n) is 18.9. The van der Waals surface area contributed by atoms with Crippen LogP contribution in [-0.2, 0) is 4.79 Å². The lowest BCUT2D eigenvalue weighted by molar-refractivity contribution is -0.133. The number of aromatic nitrogens is 2. The second-order valence-electron chi connectivity index (χ2n) is 8.89. The predicted molar refractivity (Wildman–Crippen MR) is 123 cm³/mol. The number of anilines is 1. The Labute approximate surface area is 197 Å². The third-order valence-electron chi connectivity index (χ3n) is 6.56. The summed E-state index contributed by atoms with van der Waals surface area (Å²) >= 11 is 0. The first kappa shape index (κ1) is 22.5. The highest BCUT2D eigenvalue weighted by atomic mass is 19.1. The highest BCUT2D eigenvalue weighted by Gasteiger charge is 2.29. The molecule has 0 bridgehead atoms. The molecule has 1 amide bonds. The van der Waals surface area contributed by atoms with Crippen LogP contribution in [0.25, 0.3) is 11.4 Å². The van der Waals surface area contributed by atoms with Crippen molar-refractivity contribution in [2.45, 2.75) is 18.8 Å². The summed E-state index contributed by atoms with van der Waals surface area (Å²) in [4.78, 5) is 23.7. The Bertz CT molecular complexity index is 1130. The maximum atomic E-state index is 13.5. The van der Waals surface area contributed by atoms with Gasteiger partial charge in [-0.1, -0.05) is 17.3 Å². The number of piperidine rings is 1. The van der Waals surface area contributed by atoms with Gasteiger partial charge in [-0.05, 0) is 55.8 Å². The van der Waals surface area contributed by atoms with Gasteiger partial charge in [-0.25, -0.2) is 8.78 Å². The van der Waals surface area contributed by atoms with E-state index in [1.54, 1.807) is 24.3 Å². The van der Waals surface area contributed by atoms with E-state index in [0.29, 0.717) is 43.5 Å². The van der Waals surface area contributed by atoms with Crippen molar-refractivity contribution in [3.8, 4) is 11.4 Å². The minimum atomic E-state index is -0.343. The van der Waals surface area contributed by atoms with Gasteiger partial charge >= 0.3 is 0 Å². The van der Waals surface area contributed by atoms with Gasteiger partial charge < -0.3 is 14.3 Å². The standard InChI is InChI=1S/C25H27F2N5O2/c26-20-6-8-22(9-7-20)31-11-13-32(14-12-31)23(33)17-30-10-2-4-19(16-30)25-28-24(29-34-25)18-3-1-5-21(27)15-18/h1,3,5-9,15,19H,2,4,10-14,16-17H2. The van der Waals surface area contributed by atoms with Crippen LogP contribution in [0.4, 0.5) is 14.5 Å². The third kappa shape index (κ3) is 5.09. The molecule has 1 aromatic heterocycles. The van der Waals surface area contributed by atoms with Gasteiger partial charge in [-0.15, -0.1) is 0 Å². The van der Waals surface area contributed by atoms with Crippen molar-refractivity contribution in [2.24, 2.45) is 0 Å². The number of amides is 1. The van der Waals surface area contributed by atoms with Gasteiger partial charge in [0.2, 0.25) is 17.6 Å². The summed E-state index contributed by atoms with van der Waals surface area (Å²) < 4.78 is 32.2. The molecule has 1 unspecified atom stereocenters. The van der Waals surface area contributed by atoms with E-state index in [2.05, 4.69) is 19.9 Å². The molecule has 9 heteroatoms. The van der Waals surface area contributed by atoms with Gasteiger partial charge in [0.05, 0.1) is 12.5 Å². The van der Waals surface area contributed by atoms with Crippen LogP contribution in [0, 0.1) is 11.6 Å². The zero-order chi connectivity index (χ0) is 23.5. The highest BCUT2D eigenvalue weighted by molar-refractivity contribution is 5.78. The van der Waals surface area contributed by atoms with Gasteiger partial charge in [-0.2, -0.15) is 4.98 Å². The van der Waals surface area contributed by atoms with E-state index in [4.69, 9.17) is 4.52 Å². The number of halogens is 2. The first-order valence-electron chi connectivity index (χ1n) is 11.7. The Hall–Kier alpha value is -3.33. The van der Waals surface area contributed by atoms with E-state index in [9.17, 15) is 13.6 Å². The second kappa shape index (κ2) is 9.89. The molecule has 178 valence electrons. The molecule has 7 nitrogen and oxygen atoms in total. The number of likely N-dealkylation sites (tertiary alicyclic amines) is 1. The lowest BCUT2D eigenvalue weighted by atomic mass is 9.98. The normalized spacial score (nSPS) is 19.4. The summed E-state index contributed by atoms with van der Waals surface area (Å²) in [5, 5.41) is 4.03. The molecular formula is C25H27F2N5O2. The Kier molecular flexibility index (Phi) is 6.53. The first-order chi connectivity index (χ1) is 16.5. The molecule has 3 heterocycles. The van der Waals surface area contributed by atoms with Crippen LogP contribution in [0.5, 0.6) is 0 Å². The fraction of sp³-hybridized carbons (Fsp3) is 0.400. The first-order valence-corrected chi connectivity index (χ1v) is 11.7. The Morgan fingerprint density at radius 1 is 1.00 bits per heavy atom. The molecule has 0 saturated carbocycles. The van der Waals surface area contributed by atoms with Crippen molar-refractivity contribution in [1.82, 2.24) is 19.9 Å². The van der Waals surface area contributed by atoms with E-state index in [1.807, 2.05) is 4.90 Å². The number of nitrogens with zero attached hydrogens (tertiary/aromatic N) is 5. The lowest BCUT2D eigenvalue weighted by Gasteiger charge is -2.38. The zero-order valence-corrected chi connectivity index (χ0v) is 18.9. The number of rotatable bonds is 5. The maximum absolute atomic E-state index is 13.5. The molecule has 3 aromatic rings. The van der Waals surface area contributed by atoms with Crippen molar-refractivity contribution in [3.05, 3.63) is 66.1 Å². The Balaban J connectivity index is 1.14. The number of carbonyl (C=O) groups is 1. The van der Waals surface area contributed by atoms with Gasteiger partial charge in [0.1, 0.15) is 11.6 Å². The van der Waals surface area contributed by atoms with E-state index >= 15 is 0 Å². The number of hydrogen-bond acceptors (Lipinski definition) is 6. The summed E-state index contributed by atoms with van der Waals surface area (Å²) in [6.07, 6.45) is 1.85. The molecule has 0 aliphatic carbocycles. The smallest absolute Gasteiger partial charge is 0.236 e. The average Bonchev–Trinajstić information content (AvgIpc) is 3.35. The molecule has 5 rings (SSSR count). The quantitative estimate of drug-likeness (QED) is 0.572. The SMILES string of the molecule is O=C(CN1CCCC(c2nc(-c3cccc(F)c3)no2)C1)N1CCN(c2ccc(F)cc2)CC1. The van der Waals surface area contributed by atoms with Crippen molar-refractivity contribution >= 4 is 11.6 Å². The summed E-state index contributed by atoms with van der Waals surface area (Å²) in [5.74, 6) is 0.482. The number of hydrogen-bond donors (Lipinski definition) is 0. The minimum absolute atomic E-state index is 0.0479. The van der Waals surface area contributed by atoms with Crippen LogP contribution in [-0.4, -0.2) is 71.7 Å². The van der Waals surface area contributed by atoms with E-state index in [0.717, 1.165) is 38.2 Å². The van der Waals surface area contributed by atoms with Crippen LogP contribution in [0.2, 0.25) is 0 Å². The molecule has 2 aromatic carbocycles. The van der Waals surface area contributed by atoms with Crippen LogP contribution in [0.1, 0.15) is 24.7 Å². The van der Waals surface area contributed by atoms with Crippen LogP contribution in [0.3, 0.4) is 0 Å². The molecule has 2 saturated heterocycles. The molecule has 0 N–H and O–H groups in total. The number of carbonyl (C=O) groups excluding carboxylic acids is 1. The molecule has 2 fully saturated rings. The van der Waals surface area contributed by atoms with Gasteiger partial charge in [0.25, 0.3) is 0 Å². The van der Waals surface area contributed by atoms with Crippen molar-refractivity contribution in [1.29, 1.82) is 0 Å². The summed E-state index contributed by atoms with van der Waals surface area (Å²) in [5.41, 5.74) is 1.56. The van der Waals surface area contributed by atoms with Crippen LogP contribution < -0.4 is 4.90 Å². The average molecular weight is 468 g/mol. The molecule has 2 aliphatic rings. The molecule has 1 atom stereocenters. The largest absolute Gasteiger partial charge is 0.368 e. The van der Waals surface area contributed by atoms with Gasteiger partial charge in [0.15, 0.2) is 0 Å². The van der Waals surface area contributed by atoms with Gasteiger partial charge in [-0.3, -0.25) is 9.69 Å². The molecule has 0 radical (unpaired) electrons. The monoisotopic (exact) mass is 467 g/mol. The predicted octanol–water partition coefficient (Wildman–Crippen LogP) is 3.54. The molecule has 2 aliphatic heterocycles. The maximum Gasteiger partial charge on any atom is 0.236 e. The molecule has 0 spiro atoms. The van der Waals surface area contributed by atoms with E-state index < -0.39 is 0 Å². The van der Waals surface area contributed by atoms with Crippen molar-refractivity contribution in [2.75, 3.05) is 50.7 Å². The fourth-order valence-electron chi connectivity index (χ4n) is 4.70. The van der Waals surface area contributed by atoms with Crippen LogP contribution >= 0.6 is 0 Å².